The van der Waals surface area contributed by atoms with E-state index >= 15 is 0 Å². The van der Waals surface area contributed by atoms with E-state index in [2.05, 4.69) is 43.2 Å². The van der Waals surface area contributed by atoms with Gasteiger partial charge in [0, 0.05) is 23.5 Å². The van der Waals surface area contributed by atoms with Crippen LogP contribution in [0.1, 0.15) is 32.1 Å². The van der Waals surface area contributed by atoms with Crippen molar-refractivity contribution in [3.63, 3.8) is 0 Å². The molecule has 0 aliphatic carbocycles. The standard InChI is InChI=1S/C12H22N2S/c1-4-14(8-7-12(2,3)13)10-11-6-5-9-15-11/h5-6,9H,4,7-8,10,13H2,1-3H3. The molecule has 0 aromatic carbocycles. The molecule has 2 nitrogen and oxygen atoms in total. The van der Waals surface area contributed by atoms with Crippen LogP contribution in [0.3, 0.4) is 0 Å². The minimum absolute atomic E-state index is 0.0527. The normalized spacial score (nSPS) is 12.3. The third-order valence-corrected chi connectivity index (χ3v) is 3.34. The predicted octanol–water partition coefficient (Wildman–Crippen LogP) is 2.70. The molecule has 0 radical (unpaired) electrons. The van der Waals surface area contributed by atoms with E-state index in [1.807, 2.05) is 11.3 Å². The summed E-state index contributed by atoms with van der Waals surface area (Å²) < 4.78 is 0. The smallest absolute Gasteiger partial charge is 0.0327 e. The fraction of sp³-hybridized carbons (Fsp3) is 0.667. The second-order valence-corrected chi connectivity index (χ2v) is 5.72. The number of hydrogen-bond acceptors (Lipinski definition) is 3. The molecule has 0 saturated carbocycles. The summed E-state index contributed by atoms with van der Waals surface area (Å²) in [6.07, 6.45) is 1.05. The highest BCUT2D eigenvalue weighted by atomic mass is 32.1. The van der Waals surface area contributed by atoms with Gasteiger partial charge in [-0.05, 0) is 38.3 Å². The second-order valence-electron chi connectivity index (χ2n) is 4.69. The molecule has 0 fully saturated rings. The van der Waals surface area contributed by atoms with Crippen LogP contribution in [0.15, 0.2) is 17.5 Å². The fourth-order valence-corrected chi connectivity index (χ4v) is 2.16. The van der Waals surface area contributed by atoms with Crippen LogP contribution in [0, 0.1) is 0 Å². The van der Waals surface area contributed by atoms with E-state index in [9.17, 15) is 0 Å². The SMILES string of the molecule is CCN(CCC(C)(C)N)Cc1cccs1. The third kappa shape index (κ3) is 5.30. The molecule has 0 aliphatic rings. The minimum Gasteiger partial charge on any atom is -0.326 e. The van der Waals surface area contributed by atoms with E-state index in [1.54, 1.807) is 0 Å². The van der Waals surface area contributed by atoms with Gasteiger partial charge in [-0.2, -0.15) is 0 Å². The van der Waals surface area contributed by atoms with Crippen LogP contribution in [0.4, 0.5) is 0 Å². The molecule has 0 aliphatic heterocycles. The zero-order chi connectivity index (χ0) is 11.3. The van der Waals surface area contributed by atoms with Crippen molar-refractivity contribution in [2.24, 2.45) is 5.73 Å². The van der Waals surface area contributed by atoms with Gasteiger partial charge in [0.15, 0.2) is 0 Å². The highest BCUT2D eigenvalue weighted by Crippen LogP contribution is 2.13. The quantitative estimate of drug-likeness (QED) is 0.808. The van der Waals surface area contributed by atoms with Crippen molar-refractivity contribution in [3.8, 4) is 0 Å². The first-order valence-corrected chi connectivity index (χ1v) is 6.43. The Morgan fingerprint density at radius 3 is 2.67 bits per heavy atom. The van der Waals surface area contributed by atoms with Crippen molar-refractivity contribution in [2.45, 2.75) is 39.3 Å². The summed E-state index contributed by atoms with van der Waals surface area (Å²) in [7, 11) is 0. The summed E-state index contributed by atoms with van der Waals surface area (Å²) in [5.41, 5.74) is 5.94. The van der Waals surface area contributed by atoms with Crippen molar-refractivity contribution in [2.75, 3.05) is 13.1 Å². The fourth-order valence-electron chi connectivity index (χ4n) is 1.42. The molecule has 1 aromatic rings. The van der Waals surface area contributed by atoms with Gasteiger partial charge >= 0.3 is 0 Å². The number of nitrogens with zero attached hydrogens (tertiary/aromatic N) is 1. The molecule has 0 atom stereocenters. The predicted molar refractivity (Wildman–Crippen MR) is 68.2 cm³/mol. The Morgan fingerprint density at radius 1 is 1.47 bits per heavy atom. The van der Waals surface area contributed by atoms with Crippen LogP contribution >= 0.6 is 11.3 Å². The van der Waals surface area contributed by atoms with Gasteiger partial charge in [0.2, 0.25) is 0 Å². The average molecular weight is 226 g/mol. The summed E-state index contributed by atoms with van der Waals surface area (Å²) in [6.45, 7) is 9.62. The van der Waals surface area contributed by atoms with Crippen LogP contribution in [0.2, 0.25) is 0 Å². The van der Waals surface area contributed by atoms with E-state index in [4.69, 9.17) is 5.73 Å². The topological polar surface area (TPSA) is 29.3 Å². The Balaban J connectivity index is 2.36. The Kier molecular flexibility index (Phi) is 4.77. The van der Waals surface area contributed by atoms with Gasteiger partial charge in [-0.3, -0.25) is 4.90 Å². The van der Waals surface area contributed by atoms with Crippen LogP contribution in [0.5, 0.6) is 0 Å². The van der Waals surface area contributed by atoms with Gasteiger partial charge in [-0.1, -0.05) is 13.0 Å². The molecule has 1 rings (SSSR count). The third-order valence-electron chi connectivity index (χ3n) is 2.48. The Labute approximate surface area is 97.1 Å². The van der Waals surface area contributed by atoms with E-state index in [1.165, 1.54) is 4.88 Å². The maximum Gasteiger partial charge on any atom is 0.0327 e. The Morgan fingerprint density at radius 2 is 2.20 bits per heavy atom. The first kappa shape index (κ1) is 12.7. The summed E-state index contributed by atoms with van der Waals surface area (Å²) in [4.78, 5) is 3.88. The molecule has 0 saturated heterocycles. The molecular formula is C12H22N2S. The van der Waals surface area contributed by atoms with Crippen molar-refractivity contribution in [1.29, 1.82) is 0 Å². The van der Waals surface area contributed by atoms with E-state index < -0.39 is 0 Å². The first-order chi connectivity index (χ1) is 7.01. The second kappa shape index (κ2) is 5.64. The highest BCUT2D eigenvalue weighted by Gasteiger charge is 2.13. The molecule has 0 bridgehead atoms. The van der Waals surface area contributed by atoms with Crippen molar-refractivity contribution in [1.82, 2.24) is 4.90 Å². The zero-order valence-electron chi connectivity index (χ0n) is 9.99. The summed E-state index contributed by atoms with van der Waals surface area (Å²) in [5.74, 6) is 0. The lowest BCUT2D eigenvalue weighted by Crippen LogP contribution is -2.37. The van der Waals surface area contributed by atoms with Gasteiger partial charge in [0.05, 0.1) is 0 Å². The minimum atomic E-state index is -0.0527. The number of rotatable bonds is 6. The maximum atomic E-state index is 5.99. The Hall–Kier alpha value is -0.380. The molecule has 0 unspecified atom stereocenters. The maximum absolute atomic E-state index is 5.99. The van der Waals surface area contributed by atoms with Gasteiger partial charge in [0.1, 0.15) is 0 Å². The Bertz CT molecular complexity index is 262. The lowest BCUT2D eigenvalue weighted by Gasteiger charge is -2.25. The van der Waals surface area contributed by atoms with E-state index in [0.29, 0.717) is 0 Å². The highest BCUT2D eigenvalue weighted by molar-refractivity contribution is 7.09. The van der Waals surface area contributed by atoms with Crippen molar-refractivity contribution < 1.29 is 0 Å². The average Bonchev–Trinajstić information content (AvgIpc) is 2.63. The van der Waals surface area contributed by atoms with Gasteiger partial charge in [-0.25, -0.2) is 0 Å². The van der Waals surface area contributed by atoms with Crippen LogP contribution < -0.4 is 5.73 Å². The molecule has 2 N–H and O–H groups in total. The lowest BCUT2D eigenvalue weighted by molar-refractivity contribution is 0.254. The van der Waals surface area contributed by atoms with E-state index in [-0.39, 0.29) is 5.54 Å². The van der Waals surface area contributed by atoms with Gasteiger partial charge < -0.3 is 5.73 Å². The van der Waals surface area contributed by atoms with Crippen molar-refractivity contribution >= 4 is 11.3 Å². The zero-order valence-corrected chi connectivity index (χ0v) is 10.8. The molecule has 15 heavy (non-hydrogen) atoms. The lowest BCUT2D eigenvalue weighted by atomic mass is 10.0. The molecule has 3 heteroatoms. The molecule has 1 heterocycles. The van der Waals surface area contributed by atoms with Gasteiger partial charge in [-0.15, -0.1) is 11.3 Å². The largest absolute Gasteiger partial charge is 0.326 e. The number of hydrogen-bond donors (Lipinski definition) is 1. The molecule has 0 spiro atoms. The number of thiophene rings is 1. The summed E-state index contributed by atoms with van der Waals surface area (Å²) in [5, 5.41) is 2.13. The van der Waals surface area contributed by atoms with Crippen LogP contribution in [-0.4, -0.2) is 23.5 Å². The summed E-state index contributed by atoms with van der Waals surface area (Å²) in [6, 6.07) is 4.31. The van der Waals surface area contributed by atoms with Crippen LogP contribution in [0.25, 0.3) is 0 Å². The molecule has 1 aromatic heterocycles. The monoisotopic (exact) mass is 226 g/mol. The van der Waals surface area contributed by atoms with Gasteiger partial charge in [0.25, 0.3) is 0 Å². The molecule has 86 valence electrons. The first-order valence-electron chi connectivity index (χ1n) is 5.55. The van der Waals surface area contributed by atoms with Crippen LogP contribution in [-0.2, 0) is 6.54 Å². The summed E-state index contributed by atoms with van der Waals surface area (Å²) >= 11 is 1.83. The molecule has 0 amide bonds. The number of nitrogens with two attached hydrogens (primary N) is 1. The van der Waals surface area contributed by atoms with E-state index in [0.717, 1.165) is 26.1 Å². The molecular weight excluding hydrogens is 204 g/mol. The van der Waals surface area contributed by atoms with Crippen molar-refractivity contribution in [3.05, 3.63) is 22.4 Å².